The van der Waals surface area contributed by atoms with Gasteiger partial charge in [0.1, 0.15) is 11.1 Å². The van der Waals surface area contributed by atoms with Crippen LogP contribution in [0.3, 0.4) is 0 Å². The molecule has 1 fully saturated rings. The Bertz CT molecular complexity index is 843. The van der Waals surface area contributed by atoms with E-state index in [1.807, 2.05) is 29.9 Å². The van der Waals surface area contributed by atoms with Gasteiger partial charge >= 0.3 is 0 Å². The fourth-order valence-electron chi connectivity index (χ4n) is 2.85. The number of aromatic nitrogens is 2. The van der Waals surface area contributed by atoms with E-state index in [0.717, 1.165) is 39.2 Å². The van der Waals surface area contributed by atoms with Crippen LogP contribution in [0.15, 0.2) is 40.4 Å². The molecule has 1 unspecified atom stereocenters. The first-order chi connectivity index (χ1) is 11.2. The molecule has 3 heterocycles. The van der Waals surface area contributed by atoms with Crippen molar-refractivity contribution in [3.8, 4) is 0 Å². The Morgan fingerprint density at radius 2 is 2.22 bits per heavy atom. The van der Waals surface area contributed by atoms with Crippen molar-refractivity contribution in [3.05, 3.63) is 50.5 Å². The SMILES string of the molecule is Clc1cc(Br)cc2c(N3CCOC(c4nccs4)C3)ccnc12. The number of pyridine rings is 1. The third-order valence-electron chi connectivity index (χ3n) is 3.87. The molecule has 1 atom stereocenters. The molecule has 1 saturated heterocycles. The van der Waals surface area contributed by atoms with Crippen LogP contribution in [-0.2, 0) is 4.74 Å². The van der Waals surface area contributed by atoms with Gasteiger partial charge in [-0.15, -0.1) is 11.3 Å². The Morgan fingerprint density at radius 3 is 3.04 bits per heavy atom. The van der Waals surface area contributed by atoms with E-state index in [-0.39, 0.29) is 6.10 Å². The molecule has 4 rings (SSSR count). The third-order valence-corrected chi connectivity index (χ3v) is 5.49. The molecule has 23 heavy (non-hydrogen) atoms. The smallest absolute Gasteiger partial charge is 0.126 e. The molecule has 0 bridgehead atoms. The van der Waals surface area contributed by atoms with Gasteiger partial charge in [-0.25, -0.2) is 4.98 Å². The first-order valence-corrected chi connectivity index (χ1v) is 9.27. The zero-order valence-corrected chi connectivity index (χ0v) is 15.2. The number of thiazole rings is 1. The maximum atomic E-state index is 6.34. The summed E-state index contributed by atoms with van der Waals surface area (Å²) in [4.78, 5) is 11.1. The standard InChI is InChI=1S/C16H13BrClN3OS/c17-10-7-11-13(1-2-19-15(11)12(18)8-10)21-4-5-22-14(9-21)16-20-3-6-23-16/h1-3,6-8,14H,4-5,9H2. The van der Waals surface area contributed by atoms with Crippen molar-refractivity contribution in [1.29, 1.82) is 0 Å². The van der Waals surface area contributed by atoms with Crippen LogP contribution in [0.4, 0.5) is 5.69 Å². The first kappa shape index (κ1) is 15.3. The highest BCUT2D eigenvalue weighted by Gasteiger charge is 2.25. The van der Waals surface area contributed by atoms with Crippen molar-refractivity contribution in [2.75, 3.05) is 24.6 Å². The van der Waals surface area contributed by atoms with Crippen LogP contribution in [0.25, 0.3) is 10.9 Å². The summed E-state index contributed by atoms with van der Waals surface area (Å²) in [6, 6.07) is 5.98. The van der Waals surface area contributed by atoms with Crippen LogP contribution in [0, 0.1) is 0 Å². The summed E-state index contributed by atoms with van der Waals surface area (Å²) in [5.41, 5.74) is 1.95. The number of fused-ring (bicyclic) bond motifs is 1. The van der Waals surface area contributed by atoms with Crippen molar-refractivity contribution >= 4 is 55.5 Å². The van der Waals surface area contributed by atoms with Gasteiger partial charge in [0.15, 0.2) is 0 Å². The summed E-state index contributed by atoms with van der Waals surface area (Å²) in [6.07, 6.45) is 3.64. The summed E-state index contributed by atoms with van der Waals surface area (Å²) in [6.45, 7) is 2.29. The maximum absolute atomic E-state index is 6.34. The second-order valence-corrected chi connectivity index (χ2v) is 7.54. The fourth-order valence-corrected chi connectivity index (χ4v) is 4.39. The molecule has 1 aliphatic rings. The molecule has 1 aliphatic heterocycles. The highest BCUT2D eigenvalue weighted by atomic mass is 79.9. The van der Waals surface area contributed by atoms with Gasteiger partial charge in [-0.2, -0.15) is 0 Å². The Hall–Kier alpha value is -1.21. The van der Waals surface area contributed by atoms with Crippen LogP contribution < -0.4 is 4.90 Å². The molecule has 118 valence electrons. The van der Waals surface area contributed by atoms with Crippen molar-refractivity contribution in [2.45, 2.75) is 6.10 Å². The molecule has 3 aromatic rings. The quantitative estimate of drug-likeness (QED) is 0.614. The minimum absolute atomic E-state index is 0.00888. The lowest BCUT2D eigenvalue weighted by molar-refractivity contribution is 0.0397. The molecule has 4 nitrogen and oxygen atoms in total. The summed E-state index contributed by atoms with van der Waals surface area (Å²) in [5.74, 6) is 0. The highest BCUT2D eigenvalue weighted by Crippen LogP contribution is 2.35. The van der Waals surface area contributed by atoms with Crippen LogP contribution in [-0.4, -0.2) is 29.7 Å². The number of benzene rings is 1. The van der Waals surface area contributed by atoms with Crippen LogP contribution in [0.5, 0.6) is 0 Å². The van der Waals surface area contributed by atoms with Crippen molar-refractivity contribution in [1.82, 2.24) is 9.97 Å². The number of anilines is 1. The lowest BCUT2D eigenvalue weighted by Crippen LogP contribution is -2.38. The van der Waals surface area contributed by atoms with E-state index >= 15 is 0 Å². The Kier molecular flexibility index (Phi) is 4.24. The summed E-state index contributed by atoms with van der Waals surface area (Å²) < 4.78 is 6.84. The lowest BCUT2D eigenvalue weighted by atomic mass is 10.1. The number of hydrogen-bond acceptors (Lipinski definition) is 5. The number of hydrogen-bond donors (Lipinski definition) is 0. The van der Waals surface area contributed by atoms with Crippen LogP contribution >= 0.6 is 38.9 Å². The van der Waals surface area contributed by atoms with Gasteiger partial charge in [-0.1, -0.05) is 27.5 Å². The molecule has 0 radical (unpaired) electrons. The average molecular weight is 411 g/mol. The average Bonchev–Trinajstić information content (AvgIpc) is 3.09. The number of ether oxygens (including phenoxy) is 1. The van der Waals surface area contributed by atoms with Crippen molar-refractivity contribution < 1.29 is 4.74 Å². The topological polar surface area (TPSA) is 38.2 Å². The first-order valence-electron chi connectivity index (χ1n) is 7.22. The van der Waals surface area contributed by atoms with Crippen LogP contribution in [0.1, 0.15) is 11.1 Å². The lowest BCUT2D eigenvalue weighted by Gasteiger charge is -2.34. The molecular weight excluding hydrogens is 398 g/mol. The number of rotatable bonds is 2. The molecule has 2 aromatic heterocycles. The molecule has 1 aromatic carbocycles. The zero-order chi connectivity index (χ0) is 15.8. The Labute approximate surface area is 151 Å². The van der Waals surface area contributed by atoms with Gasteiger partial charge in [0.25, 0.3) is 0 Å². The van der Waals surface area contributed by atoms with E-state index in [0.29, 0.717) is 11.6 Å². The predicted molar refractivity (Wildman–Crippen MR) is 97.5 cm³/mol. The number of morpholine rings is 1. The van der Waals surface area contributed by atoms with E-state index in [1.54, 1.807) is 11.3 Å². The maximum Gasteiger partial charge on any atom is 0.126 e. The van der Waals surface area contributed by atoms with E-state index in [4.69, 9.17) is 16.3 Å². The van der Waals surface area contributed by atoms with Gasteiger partial charge in [-0.3, -0.25) is 4.98 Å². The minimum atomic E-state index is 0.00888. The third kappa shape index (κ3) is 2.96. The van der Waals surface area contributed by atoms with Gasteiger partial charge < -0.3 is 9.64 Å². The molecular formula is C16H13BrClN3OS. The largest absolute Gasteiger partial charge is 0.367 e. The molecule has 0 spiro atoms. The van der Waals surface area contributed by atoms with Gasteiger partial charge in [0.2, 0.25) is 0 Å². The van der Waals surface area contributed by atoms with Crippen molar-refractivity contribution in [2.24, 2.45) is 0 Å². The Balaban J connectivity index is 1.74. The molecule has 0 aliphatic carbocycles. The van der Waals surface area contributed by atoms with E-state index in [2.05, 4.69) is 36.9 Å². The van der Waals surface area contributed by atoms with Gasteiger partial charge in [-0.05, 0) is 18.2 Å². The van der Waals surface area contributed by atoms with E-state index in [1.165, 1.54) is 0 Å². The molecule has 7 heteroatoms. The number of halogens is 2. The van der Waals surface area contributed by atoms with Crippen molar-refractivity contribution in [3.63, 3.8) is 0 Å². The van der Waals surface area contributed by atoms with Gasteiger partial charge in [0, 0.05) is 39.9 Å². The minimum Gasteiger partial charge on any atom is -0.367 e. The normalized spacial score (nSPS) is 18.5. The monoisotopic (exact) mass is 409 g/mol. The van der Waals surface area contributed by atoms with E-state index < -0.39 is 0 Å². The highest BCUT2D eigenvalue weighted by molar-refractivity contribution is 9.10. The molecule has 0 N–H and O–H groups in total. The van der Waals surface area contributed by atoms with E-state index in [9.17, 15) is 0 Å². The summed E-state index contributed by atoms with van der Waals surface area (Å²) in [5, 5.41) is 4.70. The van der Waals surface area contributed by atoms with Crippen LogP contribution in [0.2, 0.25) is 5.02 Å². The second-order valence-electron chi connectivity index (χ2n) is 5.29. The Morgan fingerprint density at radius 1 is 1.30 bits per heavy atom. The summed E-state index contributed by atoms with van der Waals surface area (Å²) in [7, 11) is 0. The molecule has 0 amide bonds. The predicted octanol–water partition coefficient (Wildman–Crippen LogP) is 4.69. The van der Waals surface area contributed by atoms with Gasteiger partial charge in [0.05, 0.1) is 23.7 Å². The summed E-state index contributed by atoms with van der Waals surface area (Å²) >= 11 is 11.5. The fraction of sp³-hybridized carbons (Fsp3) is 0.250. The zero-order valence-electron chi connectivity index (χ0n) is 12.1. The second kappa shape index (κ2) is 6.36. The molecule has 0 saturated carbocycles. The number of nitrogens with zero attached hydrogens (tertiary/aromatic N) is 3.